The summed E-state index contributed by atoms with van der Waals surface area (Å²) in [6.45, 7) is 7.25. The van der Waals surface area contributed by atoms with Crippen LogP contribution < -0.4 is 10.1 Å². The van der Waals surface area contributed by atoms with E-state index < -0.39 is 11.9 Å². The molecule has 0 spiro atoms. The highest BCUT2D eigenvalue weighted by molar-refractivity contribution is 7.14. The molecule has 0 radical (unpaired) electrons. The smallest absolute Gasteiger partial charge is 0.397 e. The molecule has 0 aliphatic rings. The molecule has 0 aromatic carbocycles. The van der Waals surface area contributed by atoms with E-state index in [1.165, 1.54) is 23.5 Å². The van der Waals surface area contributed by atoms with Crippen molar-refractivity contribution in [3.05, 3.63) is 46.2 Å². The minimum atomic E-state index is -0.517. The van der Waals surface area contributed by atoms with Gasteiger partial charge in [0.1, 0.15) is 22.3 Å². The quantitative estimate of drug-likeness (QED) is 0.670. The summed E-state index contributed by atoms with van der Waals surface area (Å²) in [5, 5.41) is 7.76. The van der Waals surface area contributed by atoms with E-state index in [1.54, 1.807) is 26.0 Å². The van der Waals surface area contributed by atoms with Gasteiger partial charge in [-0.25, -0.2) is 14.2 Å². The van der Waals surface area contributed by atoms with Gasteiger partial charge >= 0.3 is 6.09 Å². The van der Waals surface area contributed by atoms with E-state index in [1.807, 2.05) is 13.8 Å². The van der Waals surface area contributed by atoms with Crippen molar-refractivity contribution in [2.24, 2.45) is 0 Å². The Hall–Kier alpha value is -3.07. The van der Waals surface area contributed by atoms with Crippen LogP contribution >= 0.6 is 11.3 Å². The Morgan fingerprint density at radius 3 is 2.79 bits per heavy atom. The molecular formula is C19H19FN4O3S. The Bertz CT molecular complexity index is 1010. The van der Waals surface area contributed by atoms with Crippen molar-refractivity contribution >= 4 is 29.6 Å². The molecule has 3 aromatic rings. The van der Waals surface area contributed by atoms with Gasteiger partial charge in [0.2, 0.25) is 5.06 Å². The molecule has 7 nitrogen and oxygen atoms in total. The van der Waals surface area contributed by atoms with Gasteiger partial charge in [-0.15, -0.1) is 0 Å². The number of thiazole rings is 1. The number of nitrogens with zero attached hydrogens (tertiary/aromatic N) is 3. The number of nitrogens with one attached hydrogen (secondary N) is 1. The lowest BCUT2D eigenvalue weighted by molar-refractivity contribution is 0.199. The summed E-state index contributed by atoms with van der Waals surface area (Å²) in [4.78, 5) is 20.2. The third-order valence-electron chi connectivity index (χ3n) is 3.63. The van der Waals surface area contributed by atoms with Crippen LogP contribution in [-0.2, 0) is 0 Å². The van der Waals surface area contributed by atoms with Crippen molar-refractivity contribution in [1.29, 1.82) is 0 Å². The molecule has 28 heavy (non-hydrogen) atoms. The number of amides is 1. The van der Waals surface area contributed by atoms with Gasteiger partial charge in [-0.3, -0.25) is 4.98 Å². The molecule has 1 N–H and O–H groups in total. The fraction of sp³-hybridized carbons (Fsp3) is 0.263. The first kappa shape index (κ1) is 19.7. The molecule has 0 aliphatic heterocycles. The summed E-state index contributed by atoms with van der Waals surface area (Å²) < 4.78 is 23.7. The predicted molar refractivity (Wildman–Crippen MR) is 105 cm³/mol. The fourth-order valence-electron chi connectivity index (χ4n) is 2.35. The SMILES string of the molecule is Cc1nc(/C=C/c2c(-c3ccc(F)cn3)noc2C)sc1OC(=O)NC(C)C. The number of pyridine rings is 1. The number of hydrogen-bond acceptors (Lipinski definition) is 7. The Labute approximate surface area is 165 Å². The van der Waals surface area contributed by atoms with Crippen LogP contribution in [-0.4, -0.2) is 27.3 Å². The average Bonchev–Trinajstić information content (AvgIpc) is 3.16. The van der Waals surface area contributed by atoms with Gasteiger partial charge in [0, 0.05) is 11.6 Å². The van der Waals surface area contributed by atoms with E-state index in [0.717, 1.165) is 6.20 Å². The third-order valence-corrected chi connectivity index (χ3v) is 4.63. The minimum Gasteiger partial charge on any atom is -0.397 e. The maximum absolute atomic E-state index is 13.1. The second-order valence-electron chi connectivity index (χ2n) is 6.31. The Kier molecular flexibility index (Phi) is 5.84. The summed E-state index contributed by atoms with van der Waals surface area (Å²) in [5.74, 6) is 0.173. The van der Waals surface area contributed by atoms with Crippen molar-refractivity contribution in [3.8, 4) is 16.5 Å². The molecule has 3 aromatic heterocycles. The van der Waals surface area contributed by atoms with Crippen molar-refractivity contribution in [1.82, 2.24) is 20.4 Å². The number of rotatable bonds is 5. The van der Waals surface area contributed by atoms with Gasteiger partial charge in [-0.2, -0.15) is 0 Å². The van der Waals surface area contributed by atoms with Crippen LogP contribution in [0.3, 0.4) is 0 Å². The number of aryl methyl sites for hydroxylation is 2. The molecule has 0 aliphatic carbocycles. The number of ether oxygens (including phenoxy) is 1. The summed E-state index contributed by atoms with van der Waals surface area (Å²) in [6, 6.07) is 2.84. The molecule has 0 bridgehead atoms. The molecule has 0 saturated heterocycles. The molecule has 3 heterocycles. The predicted octanol–water partition coefficient (Wildman–Crippen LogP) is 4.62. The minimum absolute atomic E-state index is 0.0184. The number of halogens is 1. The molecule has 1 amide bonds. The molecular weight excluding hydrogens is 383 g/mol. The highest BCUT2D eigenvalue weighted by Crippen LogP contribution is 2.30. The van der Waals surface area contributed by atoms with E-state index in [0.29, 0.717) is 38.5 Å². The number of hydrogen-bond donors (Lipinski definition) is 1. The van der Waals surface area contributed by atoms with Gasteiger partial charge in [0.15, 0.2) is 0 Å². The largest absolute Gasteiger partial charge is 0.413 e. The van der Waals surface area contributed by atoms with E-state index in [4.69, 9.17) is 9.26 Å². The Morgan fingerprint density at radius 2 is 2.11 bits per heavy atom. The monoisotopic (exact) mass is 402 g/mol. The Balaban J connectivity index is 1.81. The normalized spacial score (nSPS) is 11.4. The molecule has 3 rings (SSSR count). The van der Waals surface area contributed by atoms with Gasteiger partial charge in [0.25, 0.3) is 0 Å². The number of aromatic nitrogens is 3. The van der Waals surface area contributed by atoms with Gasteiger partial charge in [-0.1, -0.05) is 16.5 Å². The zero-order valence-electron chi connectivity index (χ0n) is 15.8. The summed E-state index contributed by atoms with van der Waals surface area (Å²) in [7, 11) is 0. The van der Waals surface area contributed by atoms with Crippen molar-refractivity contribution in [2.45, 2.75) is 33.7 Å². The lowest BCUT2D eigenvalue weighted by Gasteiger charge is -2.07. The number of carbonyl (C=O) groups is 1. The van der Waals surface area contributed by atoms with E-state index in [2.05, 4.69) is 20.4 Å². The lowest BCUT2D eigenvalue weighted by Crippen LogP contribution is -2.32. The number of carbonyl (C=O) groups excluding carboxylic acids is 1. The van der Waals surface area contributed by atoms with Crippen molar-refractivity contribution < 1.29 is 18.4 Å². The van der Waals surface area contributed by atoms with Crippen molar-refractivity contribution in [3.63, 3.8) is 0 Å². The molecule has 146 valence electrons. The maximum atomic E-state index is 13.1. The first-order valence-corrected chi connectivity index (χ1v) is 9.37. The van der Waals surface area contributed by atoms with Crippen LogP contribution in [0, 0.1) is 19.7 Å². The van der Waals surface area contributed by atoms with Crippen LogP contribution in [0.25, 0.3) is 23.5 Å². The zero-order chi connectivity index (χ0) is 20.3. The molecule has 0 fully saturated rings. The highest BCUT2D eigenvalue weighted by Gasteiger charge is 2.15. The highest BCUT2D eigenvalue weighted by atomic mass is 32.1. The van der Waals surface area contributed by atoms with Gasteiger partial charge in [-0.05, 0) is 52.0 Å². The van der Waals surface area contributed by atoms with Crippen molar-refractivity contribution in [2.75, 3.05) is 0 Å². The lowest BCUT2D eigenvalue weighted by atomic mass is 10.1. The second kappa shape index (κ2) is 8.30. The first-order valence-electron chi connectivity index (χ1n) is 8.55. The maximum Gasteiger partial charge on any atom is 0.413 e. The van der Waals surface area contributed by atoms with Crippen LogP contribution in [0.5, 0.6) is 5.06 Å². The molecule has 9 heteroatoms. The van der Waals surface area contributed by atoms with Gasteiger partial charge < -0.3 is 14.6 Å². The first-order chi connectivity index (χ1) is 13.3. The van der Waals surface area contributed by atoms with E-state index >= 15 is 0 Å². The van der Waals surface area contributed by atoms with Gasteiger partial charge in [0.05, 0.1) is 17.6 Å². The van der Waals surface area contributed by atoms with Crippen LogP contribution in [0.15, 0.2) is 22.9 Å². The second-order valence-corrected chi connectivity index (χ2v) is 7.30. The molecule has 0 atom stereocenters. The Morgan fingerprint density at radius 1 is 1.32 bits per heavy atom. The molecule has 0 saturated carbocycles. The summed E-state index contributed by atoms with van der Waals surface area (Å²) >= 11 is 1.25. The summed E-state index contributed by atoms with van der Waals surface area (Å²) in [6.07, 6.45) is 4.18. The van der Waals surface area contributed by atoms with Crippen LogP contribution in [0.1, 0.15) is 35.9 Å². The fourth-order valence-corrected chi connectivity index (χ4v) is 3.17. The van der Waals surface area contributed by atoms with Crippen LogP contribution in [0.2, 0.25) is 0 Å². The molecule has 0 unspecified atom stereocenters. The zero-order valence-corrected chi connectivity index (χ0v) is 16.6. The topological polar surface area (TPSA) is 90.1 Å². The van der Waals surface area contributed by atoms with E-state index in [9.17, 15) is 9.18 Å². The van der Waals surface area contributed by atoms with E-state index in [-0.39, 0.29) is 6.04 Å². The average molecular weight is 402 g/mol. The summed E-state index contributed by atoms with van der Waals surface area (Å²) in [5.41, 5.74) is 2.34. The van der Waals surface area contributed by atoms with Crippen LogP contribution in [0.4, 0.5) is 9.18 Å². The third kappa shape index (κ3) is 4.61. The standard InChI is InChI=1S/C19H19FN4O3S/c1-10(2)22-19(25)26-18-11(3)23-16(28-18)8-6-14-12(4)27-24-17(14)15-7-5-13(20)9-21-15/h5-10H,1-4H3,(H,22,25)/b8-6+.